The summed E-state index contributed by atoms with van der Waals surface area (Å²) in [6.07, 6.45) is 0. The molecule has 1 aliphatic heterocycles. The first-order chi connectivity index (χ1) is 15.8. The van der Waals surface area contributed by atoms with Gasteiger partial charge in [-0.15, -0.1) is 0 Å². The first kappa shape index (κ1) is 22.7. The summed E-state index contributed by atoms with van der Waals surface area (Å²) in [5.41, 5.74) is 4.04. The van der Waals surface area contributed by atoms with Gasteiger partial charge in [-0.2, -0.15) is 0 Å². The average molecular weight is 464 g/mol. The molecule has 1 aliphatic rings. The Morgan fingerprint density at radius 2 is 1.82 bits per heavy atom. The lowest BCUT2D eigenvalue weighted by atomic mass is 10.1. The molecule has 0 unspecified atom stereocenters. The number of carboxylic acid groups (broad SMARTS) is 1. The van der Waals surface area contributed by atoms with Crippen LogP contribution in [0.5, 0.6) is 0 Å². The lowest BCUT2D eigenvalue weighted by Gasteiger charge is -2.42. The molecule has 3 aromatic carbocycles. The Balaban J connectivity index is 1.52. The van der Waals surface area contributed by atoms with Crippen molar-refractivity contribution in [3.63, 3.8) is 0 Å². The van der Waals surface area contributed by atoms with Crippen LogP contribution in [0.1, 0.15) is 33.2 Å². The van der Waals surface area contributed by atoms with Crippen LogP contribution in [0.2, 0.25) is 5.02 Å². The molecular weight excluding hydrogens is 438 g/mol. The van der Waals surface area contributed by atoms with Crippen molar-refractivity contribution in [2.24, 2.45) is 0 Å². The molecule has 7 heteroatoms. The van der Waals surface area contributed by atoms with E-state index in [2.05, 4.69) is 53.2 Å². The highest BCUT2D eigenvalue weighted by atomic mass is 35.5. The second-order valence-corrected chi connectivity index (χ2v) is 8.77. The number of nitrogens with one attached hydrogen (secondary N) is 1. The Morgan fingerprint density at radius 1 is 1.03 bits per heavy atom. The highest BCUT2D eigenvalue weighted by Crippen LogP contribution is 2.29. The summed E-state index contributed by atoms with van der Waals surface area (Å²) < 4.78 is 0. The molecule has 33 heavy (non-hydrogen) atoms. The molecule has 0 spiro atoms. The topological polar surface area (TPSA) is 72.9 Å². The number of hydrogen-bond acceptors (Lipinski definition) is 4. The van der Waals surface area contributed by atoms with Gasteiger partial charge >= 0.3 is 5.97 Å². The number of nitrogens with zero attached hydrogens (tertiary/aromatic N) is 2. The molecule has 0 bridgehead atoms. The summed E-state index contributed by atoms with van der Waals surface area (Å²) in [5.74, 6) is -1.38. The van der Waals surface area contributed by atoms with Crippen LogP contribution in [0.4, 0.5) is 17.1 Å². The zero-order chi connectivity index (χ0) is 23.5. The van der Waals surface area contributed by atoms with Crippen molar-refractivity contribution < 1.29 is 14.7 Å². The van der Waals surface area contributed by atoms with Crippen LogP contribution in [0, 0.1) is 6.92 Å². The van der Waals surface area contributed by atoms with Crippen LogP contribution in [-0.2, 0) is 0 Å². The number of rotatable bonds is 5. The maximum Gasteiger partial charge on any atom is 0.337 e. The minimum atomic E-state index is -1.03. The Kier molecular flexibility index (Phi) is 6.56. The quantitative estimate of drug-likeness (QED) is 0.536. The number of aromatic carboxylic acids is 1. The fraction of sp³-hybridized carbons (Fsp3) is 0.231. The number of hydrogen-bond donors (Lipinski definition) is 2. The monoisotopic (exact) mass is 463 g/mol. The number of halogens is 1. The molecule has 1 saturated heterocycles. The summed E-state index contributed by atoms with van der Waals surface area (Å²) in [6, 6.07) is 20.3. The fourth-order valence-corrected chi connectivity index (χ4v) is 4.45. The molecule has 1 amide bonds. The second-order valence-electron chi connectivity index (χ2n) is 8.33. The zero-order valence-corrected chi connectivity index (χ0v) is 19.3. The minimum Gasteiger partial charge on any atom is -0.478 e. The van der Waals surface area contributed by atoms with E-state index in [0.717, 1.165) is 6.54 Å². The third kappa shape index (κ3) is 5.12. The fourth-order valence-electron chi connectivity index (χ4n) is 4.26. The minimum absolute atomic E-state index is 0.162. The number of amides is 1. The Hall–Kier alpha value is -3.51. The van der Waals surface area contributed by atoms with Gasteiger partial charge in [0.05, 0.1) is 11.3 Å². The third-order valence-electron chi connectivity index (χ3n) is 5.87. The summed E-state index contributed by atoms with van der Waals surface area (Å²) in [5, 5.41) is 13.1. The number of carbonyl (C=O) groups is 2. The SMILES string of the molecule is Cc1cccc(N2CCN(c3ccc(NC(=O)c4cccc(Cl)c4)cc3C(=O)O)C[C@@H]2C)c1. The van der Waals surface area contributed by atoms with E-state index in [1.807, 2.05) is 0 Å². The smallest absolute Gasteiger partial charge is 0.337 e. The van der Waals surface area contributed by atoms with E-state index < -0.39 is 5.97 Å². The van der Waals surface area contributed by atoms with E-state index in [9.17, 15) is 14.7 Å². The number of carboxylic acids is 1. The van der Waals surface area contributed by atoms with Crippen LogP contribution < -0.4 is 15.1 Å². The number of benzene rings is 3. The zero-order valence-electron chi connectivity index (χ0n) is 18.6. The molecule has 0 aliphatic carbocycles. The molecule has 0 saturated carbocycles. The maximum absolute atomic E-state index is 12.5. The Bertz CT molecular complexity index is 1200. The molecule has 4 rings (SSSR count). The lowest BCUT2D eigenvalue weighted by molar-refractivity contribution is 0.0697. The number of anilines is 3. The van der Waals surface area contributed by atoms with Gasteiger partial charge in [0.1, 0.15) is 0 Å². The Morgan fingerprint density at radius 3 is 2.52 bits per heavy atom. The first-order valence-electron chi connectivity index (χ1n) is 10.8. The van der Waals surface area contributed by atoms with Crippen molar-refractivity contribution in [2.75, 3.05) is 34.8 Å². The second kappa shape index (κ2) is 9.55. The van der Waals surface area contributed by atoms with Crippen LogP contribution >= 0.6 is 11.6 Å². The highest BCUT2D eigenvalue weighted by molar-refractivity contribution is 6.31. The van der Waals surface area contributed by atoms with Crippen LogP contribution in [0.15, 0.2) is 66.7 Å². The molecule has 1 fully saturated rings. The number of aryl methyl sites for hydroxylation is 1. The first-order valence-corrected chi connectivity index (χ1v) is 11.2. The third-order valence-corrected chi connectivity index (χ3v) is 6.11. The molecular formula is C26H26ClN3O3. The van der Waals surface area contributed by atoms with Crippen molar-refractivity contribution in [1.82, 2.24) is 0 Å². The van der Waals surface area contributed by atoms with E-state index in [1.54, 1.807) is 36.4 Å². The molecule has 3 aromatic rings. The van der Waals surface area contributed by atoms with E-state index in [4.69, 9.17) is 11.6 Å². The lowest BCUT2D eigenvalue weighted by Crippen LogP contribution is -2.52. The normalized spacial score (nSPS) is 15.9. The van der Waals surface area contributed by atoms with E-state index in [-0.39, 0.29) is 17.5 Å². The molecule has 0 radical (unpaired) electrons. The van der Waals surface area contributed by atoms with Gasteiger partial charge in [0.2, 0.25) is 0 Å². The van der Waals surface area contributed by atoms with Gasteiger partial charge in [-0.25, -0.2) is 4.79 Å². The van der Waals surface area contributed by atoms with Crippen molar-refractivity contribution in [3.8, 4) is 0 Å². The molecule has 6 nitrogen and oxygen atoms in total. The van der Waals surface area contributed by atoms with Crippen molar-refractivity contribution in [2.45, 2.75) is 19.9 Å². The van der Waals surface area contributed by atoms with Gasteiger partial charge < -0.3 is 20.2 Å². The summed E-state index contributed by atoms with van der Waals surface area (Å²) in [4.78, 5) is 29.0. The Labute approximate surface area is 198 Å². The van der Waals surface area contributed by atoms with Crippen LogP contribution in [-0.4, -0.2) is 42.7 Å². The van der Waals surface area contributed by atoms with Crippen molar-refractivity contribution in [3.05, 3.63) is 88.4 Å². The maximum atomic E-state index is 12.5. The van der Waals surface area contributed by atoms with E-state index in [0.29, 0.717) is 35.1 Å². The predicted octanol–water partition coefficient (Wildman–Crippen LogP) is 5.31. The van der Waals surface area contributed by atoms with Gasteiger partial charge in [-0.05, 0) is 67.9 Å². The number of piperazine rings is 1. The van der Waals surface area contributed by atoms with Crippen LogP contribution in [0.3, 0.4) is 0 Å². The average Bonchev–Trinajstić information content (AvgIpc) is 2.79. The van der Waals surface area contributed by atoms with Gasteiger partial charge in [-0.1, -0.05) is 29.8 Å². The van der Waals surface area contributed by atoms with Gasteiger partial charge in [-0.3, -0.25) is 4.79 Å². The van der Waals surface area contributed by atoms with Gasteiger partial charge in [0.15, 0.2) is 0 Å². The highest BCUT2D eigenvalue weighted by Gasteiger charge is 2.27. The van der Waals surface area contributed by atoms with Crippen LogP contribution in [0.25, 0.3) is 0 Å². The summed E-state index contributed by atoms with van der Waals surface area (Å²) >= 11 is 5.97. The predicted molar refractivity (Wildman–Crippen MR) is 133 cm³/mol. The summed E-state index contributed by atoms with van der Waals surface area (Å²) in [7, 11) is 0. The number of carbonyl (C=O) groups excluding carboxylic acids is 1. The largest absolute Gasteiger partial charge is 0.478 e. The van der Waals surface area contributed by atoms with Crippen molar-refractivity contribution in [1.29, 1.82) is 0 Å². The summed E-state index contributed by atoms with van der Waals surface area (Å²) in [6.45, 7) is 6.41. The van der Waals surface area contributed by atoms with Crippen molar-refractivity contribution >= 4 is 40.5 Å². The molecule has 1 atom stereocenters. The standard InChI is InChI=1S/C26H26ClN3O3/c1-17-5-3-8-22(13-17)30-12-11-29(16-18(30)2)24-10-9-21(15-23(24)26(32)33)28-25(31)19-6-4-7-20(27)14-19/h3-10,13-15,18H,11-12,16H2,1-2H3,(H,28,31)(H,32,33)/t18-/m0/s1. The molecule has 1 heterocycles. The van der Waals surface area contributed by atoms with E-state index in [1.165, 1.54) is 17.3 Å². The molecule has 0 aromatic heterocycles. The molecule has 170 valence electrons. The van der Waals surface area contributed by atoms with E-state index >= 15 is 0 Å². The van der Waals surface area contributed by atoms with Gasteiger partial charge in [0, 0.05) is 47.6 Å². The van der Waals surface area contributed by atoms with Gasteiger partial charge in [0.25, 0.3) is 5.91 Å². The molecule has 2 N–H and O–H groups in total.